The summed E-state index contributed by atoms with van der Waals surface area (Å²) >= 11 is 0. The molecular formula is C21H25NO3. The number of carbonyl (C=O) groups excluding carboxylic acids is 1. The number of nitrogens with two attached hydrogens (primary N) is 1. The van der Waals surface area contributed by atoms with Gasteiger partial charge in [-0.15, -0.1) is 0 Å². The molecular weight excluding hydrogens is 314 g/mol. The van der Waals surface area contributed by atoms with Crippen molar-refractivity contribution in [3.05, 3.63) is 59.7 Å². The Morgan fingerprint density at radius 2 is 1.44 bits per heavy atom. The molecule has 25 heavy (non-hydrogen) atoms. The number of anilines is 1. The number of nitrogen functional groups attached to an aromatic ring is 1. The number of hydrogen-bond donors (Lipinski definition) is 1. The van der Waals surface area contributed by atoms with Gasteiger partial charge in [0, 0.05) is 11.3 Å². The lowest BCUT2D eigenvalue weighted by Gasteiger charge is -2.17. The average molecular weight is 339 g/mol. The van der Waals surface area contributed by atoms with Crippen LogP contribution in [0.2, 0.25) is 0 Å². The standard InChI is InChI=1S/C21H25NO3/c1-14(2)24-20-6-5-7-21(25-15(3)4)18(20)12-13-19(23)16-8-10-17(22)11-9-16/h5-15H,22H2,1-4H3/b13-12+. The summed E-state index contributed by atoms with van der Waals surface area (Å²) in [6.45, 7) is 7.85. The number of carbonyl (C=O) groups is 1. The molecule has 0 atom stereocenters. The molecule has 0 aliphatic rings. The molecule has 0 bridgehead atoms. The van der Waals surface area contributed by atoms with E-state index in [0.717, 1.165) is 5.56 Å². The van der Waals surface area contributed by atoms with Crippen LogP contribution in [0.3, 0.4) is 0 Å². The fourth-order valence-corrected chi connectivity index (χ4v) is 2.30. The molecule has 0 aliphatic heterocycles. The lowest BCUT2D eigenvalue weighted by Crippen LogP contribution is -2.10. The van der Waals surface area contributed by atoms with Crippen LogP contribution >= 0.6 is 0 Å². The van der Waals surface area contributed by atoms with Gasteiger partial charge in [-0.2, -0.15) is 0 Å². The zero-order valence-electron chi connectivity index (χ0n) is 15.2. The second-order valence-electron chi connectivity index (χ2n) is 6.32. The van der Waals surface area contributed by atoms with Crippen LogP contribution in [0, 0.1) is 0 Å². The predicted molar refractivity (Wildman–Crippen MR) is 102 cm³/mol. The quantitative estimate of drug-likeness (QED) is 0.450. The average Bonchev–Trinajstić information content (AvgIpc) is 2.53. The van der Waals surface area contributed by atoms with Gasteiger partial charge >= 0.3 is 0 Å². The molecule has 0 unspecified atom stereocenters. The third-order valence-electron chi connectivity index (χ3n) is 3.35. The van der Waals surface area contributed by atoms with E-state index in [1.54, 1.807) is 30.3 Å². The van der Waals surface area contributed by atoms with Crippen LogP contribution in [-0.4, -0.2) is 18.0 Å². The highest BCUT2D eigenvalue weighted by Crippen LogP contribution is 2.31. The van der Waals surface area contributed by atoms with Gasteiger partial charge in [0.2, 0.25) is 0 Å². The first kappa shape index (κ1) is 18.6. The summed E-state index contributed by atoms with van der Waals surface area (Å²) in [5.41, 5.74) is 7.63. The largest absolute Gasteiger partial charge is 0.490 e. The molecule has 2 N–H and O–H groups in total. The van der Waals surface area contributed by atoms with Crippen molar-refractivity contribution in [2.75, 3.05) is 5.73 Å². The number of ketones is 1. The molecule has 2 aromatic carbocycles. The van der Waals surface area contributed by atoms with Crippen molar-refractivity contribution in [2.24, 2.45) is 0 Å². The zero-order valence-corrected chi connectivity index (χ0v) is 15.2. The van der Waals surface area contributed by atoms with Crippen molar-refractivity contribution < 1.29 is 14.3 Å². The zero-order chi connectivity index (χ0) is 18.4. The minimum Gasteiger partial charge on any atom is -0.490 e. The number of hydrogen-bond acceptors (Lipinski definition) is 4. The summed E-state index contributed by atoms with van der Waals surface area (Å²) in [4.78, 5) is 12.4. The van der Waals surface area contributed by atoms with E-state index >= 15 is 0 Å². The summed E-state index contributed by atoms with van der Waals surface area (Å²) in [5.74, 6) is 1.28. The maximum Gasteiger partial charge on any atom is 0.185 e. The lowest BCUT2D eigenvalue weighted by atomic mass is 10.1. The van der Waals surface area contributed by atoms with Crippen LogP contribution in [0.1, 0.15) is 43.6 Å². The molecule has 0 aliphatic carbocycles. The number of ether oxygens (including phenoxy) is 2. The minimum absolute atomic E-state index is 0.0225. The highest BCUT2D eigenvalue weighted by Gasteiger charge is 2.12. The van der Waals surface area contributed by atoms with Gasteiger partial charge in [-0.05, 0) is 76.2 Å². The SMILES string of the molecule is CC(C)Oc1cccc(OC(C)C)c1/C=C/C(=O)c1ccc(N)cc1. The number of benzene rings is 2. The van der Waals surface area contributed by atoms with Crippen molar-refractivity contribution in [3.8, 4) is 11.5 Å². The number of allylic oxidation sites excluding steroid dienone is 1. The smallest absolute Gasteiger partial charge is 0.185 e. The monoisotopic (exact) mass is 339 g/mol. The second kappa shape index (κ2) is 8.38. The molecule has 132 valence electrons. The Kier molecular flexibility index (Phi) is 6.23. The molecule has 0 radical (unpaired) electrons. The molecule has 0 spiro atoms. The van der Waals surface area contributed by atoms with E-state index in [4.69, 9.17) is 15.2 Å². The van der Waals surface area contributed by atoms with Crippen molar-refractivity contribution in [3.63, 3.8) is 0 Å². The Morgan fingerprint density at radius 3 is 1.92 bits per heavy atom. The summed E-state index contributed by atoms with van der Waals surface area (Å²) in [7, 11) is 0. The molecule has 0 saturated carbocycles. The van der Waals surface area contributed by atoms with Crippen molar-refractivity contribution >= 4 is 17.5 Å². The van der Waals surface area contributed by atoms with Gasteiger partial charge in [0.15, 0.2) is 5.78 Å². The first-order valence-corrected chi connectivity index (χ1v) is 8.41. The molecule has 0 heterocycles. The van der Waals surface area contributed by atoms with E-state index < -0.39 is 0 Å². The van der Waals surface area contributed by atoms with Gasteiger partial charge in [0.1, 0.15) is 11.5 Å². The van der Waals surface area contributed by atoms with E-state index in [9.17, 15) is 4.79 Å². The highest BCUT2D eigenvalue weighted by atomic mass is 16.5. The number of rotatable bonds is 7. The fourth-order valence-electron chi connectivity index (χ4n) is 2.30. The van der Waals surface area contributed by atoms with Crippen LogP contribution in [0.15, 0.2) is 48.5 Å². The summed E-state index contributed by atoms with van der Waals surface area (Å²) in [6.07, 6.45) is 3.32. The molecule has 2 aromatic rings. The summed E-state index contributed by atoms with van der Waals surface area (Å²) < 4.78 is 11.7. The third kappa shape index (κ3) is 5.38. The maximum atomic E-state index is 12.4. The lowest BCUT2D eigenvalue weighted by molar-refractivity contribution is 0.104. The Bertz CT molecular complexity index is 718. The van der Waals surface area contributed by atoms with Crippen LogP contribution in [-0.2, 0) is 0 Å². The third-order valence-corrected chi connectivity index (χ3v) is 3.35. The molecule has 4 nitrogen and oxygen atoms in total. The first-order valence-electron chi connectivity index (χ1n) is 8.41. The fraction of sp³-hybridized carbons (Fsp3) is 0.286. The highest BCUT2D eigenvalue weighted by molar-refractivity contribution is 6.07. The van der Waals surface area contributed by atoms with Crippen molar-refractivity contribution in [2.45, 2.75) is 39.9 Å². The topological polar surface area (TPSA) is 61.5 Å². The van der Waals surface area contributed by atoms with Crippen LogP contribution in [0.25, 0.3) is 6.08 Å². The normalized spacial score (nSPS) is 11.3. The summed E-state index contributed by atoms with van der Waals surface area (Å²) in [5, 5.41) is 0. The predicted octanol–water partition coefficient (Wildman–Crippen LogP) is 4.74. The maximum absolute atomic E-state index is 12.4. The van der Waals surface area contributed by atoms with E-state index in [1.165, 1.54) is 6.08 Å². The van der Waals surface area contributed by atoms with Gasteiger partial charge in [-0.1, -0.05) is 6.07 Å². The summed E-state index contributed by atoms with van der Waals surface area (Å²) in [6, 6.07) is 12.5. The van der Waals surface area contributed by atoms with Gasteiger partial charge in [-0.3, -0.25) is 4.79 Å². The van der Waals surface area contributed by atoms with Crippen LogP contribution < -0.4 is 15.2 Å². The van der Waals surface area contributed by atoms with E-state index in [-0.39, 0.29) is 18.0 Å². The van der Waals surface area contributed by atoms with Gasteiger partial charge in [0.25, 0.3) is 0 Å². The molecule has 0 aromatic heterocycles. The van der Waals surface area contributed by atoms with Crippen LogP contribution in [0.5, 0.6) is 11.5 Å². The Hall–Kier alpha value is -2.75. The van der Waals surface area contributed by atoms with E-state index in [1.807, 2.05) is 45.9 Å². The second-order valence-corrected chi connectivity index (χ2v) is 6.32. The Labute approximate surface area is 149 Å². The molecule has 0 amide bonds. The molecule has 0 fully saturated rings. The van der Waals surface area contributed by atoms with Crippen LogP contribution in [0.4, 0.5) is 5.69 Å². The van der Waals surface area contributed by atoms with E-state index in [0.29, 0.717) is 22.7 Å². The van der Waals surface area contributed by atoms with Crippen molar-refractivity contribution in [1.29, 1.82) is 0 Å². The van der Waals surface area contributed by atoms with Gasteiger partial charge in [-0.25, -0.2) is 0 Å². The molecule has 2 rings (SSSR count). The minimum atomic E-state index is -0.102. The Balaban J connectivity index is 2.34. The van der Waals surface area contributed by atoms with Gasteiger partial charge in [0.05, 0.1) is 17.8 Å². The molecule has 0 saturated heterocycles. The molecule has 4 heteroatoms. The van der Waals surface area contributed by atoms with E-state index in [2.05, 4.69) is 0 Å². The van der Waals surface area contributed by atoms with Gasteiger partial charge < -0.3 is 15.2 Å². The Morgan fingerprint density at radius 1 is 0.920 bits per heavy atom. The van der Waals surface area contributed by atoms with Crippen molar-refractivity contribution in [1.82, 2.24) is 0 Å². The first-order chi connectivity index (χ1) is 11.9.